The second kappa shape index (κ2) is 5.51. The summed E-state index contributed by atoms with van der Waals surface area (Å²) in [6.07, 6.45) is 0. The SMILES string of the molecule is COCc1nc2ccccc2n1S(=O)(=O)c1ccc(F)cc1. The van der Waals surface area contributed by atoms with E-state index < -0.39 is 15.8 Å². The van der Waals surface area contributed by atoms with Gasteiger partial charge in [0.05, 0.1) is 15.9 Å². The van der Waals surface area contributed by atoms with Crippen molar-refractivity contribution in [3.63, 3.8) is 0 Å². The molecule has 3 aromatic rings. The van der Waals surface area contributed by atoms with Crippen LogP contribution in [-0.2, 0) is 21.4 Å². The number of rotatable bonds is 4. The van der Waals surface area contributed by atoms with E-state index >= 15 is 0 Å². The molecule has 0 spiro atoms. The number of hydrogen-bond donors (Lipinski definition) is 0. The lowest BCUT2D eigenvalue weighted by molar-refractivity contribution is 0.177. The molecule has 0 amide bonds. The molecule has 0 unspecified atom stereocenters. The maximum Gasteiger partial charge on any atom is 0.269 e. The number of para-hydroxylation sites is 2. The van der Waals surface area contributed by atoms with Gasteiger partial charge in [0.15, 0.2) is 0 Å². The summed E-state index contributed by atoms with van der Waals surface area (Å²) in [5.74, 6) is -0.223. The largest absolute Gasteiger partial charge is 0.377 e. The molecule has 0 saturated carbocycles. The first-order valence-corrected chi connectivity index (χ1v) is 7.94. The summed E-state index contributed by atoms with van der Waals surface area (Å²) in [4.78, 5) is 4.29. The van der Waals surface area contributed by atoms with Crippen molar-refractivity contribution in [1.82, 2.24) is 8.96 Å². The van der Waals surface area contributed by atoms with E-state index in [9.17, 15) is 12.8 Å². The van der Waals surface area contributed by atoms with E-state index in [2.05, 4.69) is 4.98 Å². The Balaban J connectivity index is 2.27. The van der Waals surface area contributed by atoms with Crippen LogP contribution in [0.3, 0.4) is 0 Å². The van der Waals surface area contributed by atoms with Crippen molar-refractivity contribution in [2.45, 2.75) is 11.5 Å². The summed E-state index contributed by atoms with van der Waals surface area (Å²) in [6.45, 7) is 0.0507. The van der Waals surface area contributed by atoms with Gasteiger partial charge in [-0.2, -0.15) is 0 Å². The molecule has 1 heterocycles. The van der Waals surface area contributed by atoms with Crippen LogP contribution in [-0.4, -0.2) is 24.5 Å². The molecule has 1 aromatic heterocycles. The summed E-state index contributed by atoms with van der Waals surface area (Å²) >= 11 is 0. The number of fused-ring (bicyclic) bond motifs is 1. The Morgan fingerprint density at radius 2 is 1.82 bits per heavy atom. The molecule has 0 aliphatic carbocycles. The Bertz CT molecular complexity index is 918. The number of aromatic nitrogens is 2. The van der Waals surface area contributed by atoms with Gasteiger partial charge in [0.1, 0.15) is 18.2 Å². The monoisotopic (exact) mass is 320 g/mol. The second-order valence-electron chi connectivity index (χ2n) is 4.67. The highest BCUT2D eigenvalue weighted by Crippen LogP contribution is 2.23. The molecular weight excluding hydrogens is 307 g/mol. The van der Waals surface area contributed by atoms with Crippen molar-refractivity contribution in [3.8, 4) is 0 Å². The predicted octanol–water partition coefficient (Wildman–Crippen LogP) is 2.56. The minimum Gasteiger partial charge on any atom is -0.377 e. The lowest BCUT2D eigenvalue weighted by Crippen LogP contribution is -2.16. The maximum absolute atomic E-state index is 13.0. The predicted molar refractivity (Wildman–Crippen MR) is 79.4 cm³/mol. The highest BCUT2D eigenvalue weighted by atomic mass is 32.2. The molecule has 114 valence electrons. The summed E-state index contributed by atoms with van der Waals surface area (Å²) in [5.41, 5.74) is 1.01. The van der Waals surface area contributed by atoms with Crippen molar-refractivity contribution in [2.75, 3.05) is 7.11 Å². The van der Waals surface area contributed by atoms with Crippen LogP contribution in [0.5, 0.6) is 0 Å². The molecule has 22 heavy (non-hydrogen) atoms. The Morgan fingerprint density at radius 3 is 2.50 bits per heavy atom. The topological polar surface area (TPSA) is 61.2 Å². The number of hydrogen-bond acceptors (Lipinski definition) is 4. The van der Waals surface area contributed by atoms with Crippen LogP contribution in [0.4, 0.5) is 4.39 Å². The van der Waals surface area contributed by atoms with Crippen molar-refractivity contribution in [2.24, 2.45) is 0 Å². The van der Waals surface area contributed by atoms with Crippen molar-refractivity contribution in [3.05, 3.63) is 60.2 Å². The fraction of sp³-hybridized carbons (Fsp3) is 0.133. The number of ether oxygens (including phenoxy) is 1. The maximum atomic E-state index is 13.0. The van der Waals surface area contributed by atoms with Gasteiger partial charge in [0.25, 0.3) is 10.0 Å². The number of imidazole rings is 1. The highest BCUT2D eigenvalue weighted by molar-refractivity contribution is 7.90. The van der Waals surface area contributed by atoms with Gasteiger partial charge < -0.3 is 4.74 Å². The van der Waals surface area contributed by atoms with Crippen LogP contribution in [0.25, 0.3) is 11.0 Å². The molecule has 3 rings (SSSR count). The van der Waals surface area contributed by atoms with E-state index in [-0.39, 0.29) is 17.3 Å². The molecule has 2 aromatic carbocycles. The normalized spacial score (nSPS) is 11.9. The van der Waals surface area contributed by atoms with E-state index in [4.69, 9.17) is 4.74 Å². The van der Waals surface area contributed by atoms with Crippen LogP contribution in [0.2, 0.25) is 0 Å². The number of methoxy groups -OCH3 is 1. The summed E-state index contributed by atoms with van der Waals surface area (Å²) in [7, 11) is -2.42. The first-order valence-electron chi connectivity index (χ1n) is 6.50. The molecule has 0 saturated heterocycles. The molecule has 0 aliphatic heterocycles. The molecule has 0 N–H and O–H groups in total. The number of nitrogens with zero attached hydrogens (tertiary/aromatic N) is 2. The van der Waals surface area contributed by atoms with Gasteiger partial charge in [-0.3, -0.25) is 0 Å². The standard InChI is InChI=1S/C15H13FN2O3S/c1-21-10-15-17-13-4-2-3-5-14(13)18(15)22(19,20)12-8-6-11(16)7-9-12/h2-9H,10H2,1H3. The van der Waals surface area contributed by atoms with Crippen molar-refractivity contribution in [1.29, 1.82) is 0 Å². The van der Waals surface area contributed by atoms with Gasteiger partial charge in [-0.15, -0.1) is 0 Å². The molecule has 7 heteroatoms. The summed E-state index contributed by atoms with van der Waals surface area (Å²) in [5, 5.41) is 0. The zero-order valence-corrected chi connectivity index (χ0v) is 12.5. The average Bonchev–Trinajstić information content (AvgIpc) is 2.86. The molecular formula is C15H13FN2O3S. The fourth-order valence-corrected chi connectivity index (χ4v) is 3.73. The molecule has 0 aliphatic rings. The van der Waals surface area contributed by atoms with Crippen molar-refractivity contribution < 1.29 is 17.5 Å². The van der Waals surface area contributed by atoms with Gasteiger partial charge in [0, 0.05) is 7.11 Å². The first-order chi connectivity index (χ1) is 10.5. The summed E-state index contributed by atoms with van der Waals surface area (Å²) in [6, 6.07) is 11.6. The lowest BCUT2D eigenvalue weighted by atomic mass is 10.3. The third-order valence-corrected chi connectivity index (χ3v) is 4.97. The van der Waals surface area contributed by atoms with Crippen LogP contribution in [0.1, 0.15) is 5.82 Å². The van der Waals surface area contributed by atoms with Crippen molar-refractivity contribution >= 4 is 21.1 Å². The van der Waals surface area contributed by atoms with E-state index in [0.717, 1.165) is 16.1 Å². The van der Waals surface area contributed by atoms with E-state index in [1.54, 1.807) is 24.3 Å². The number of halogens is 1. The average molecular weight is 320 g/mol. The molecule has 0 fully saturated rings. The van der Waals surface area contributed by atoms with Gasteiger partial charge in [-0.1, -0.05) is 12.1 Å². The van der Waals surface area contributed by atoms with Gasteiger partial charge in [-0.05, 0) is 36.4 Å². The van der Waals surface area contributed by atoms with E-state index in [0.29, 0.717) is 11.0 Å². The Labute approximate surface area is 127 Å². The third-order valence-electron chi connectivity index (χ3n) is 3.21. The second-order valence-corrected chi connectivity index (χ2v) is 6.46. The quantitative estimate of drug-likeness (QED) is 0.741. The van der Waals surface area contributed by atoms with Gasteiger partial charge >= 0.3 is 0 Å². The molecule has 0 atom stereocenters. The highest BCUT2D eigenvalue weighted by Gasteiger charge is 2.24. The van der Waals surface area contributed by atoms with Gasteiger partial charge in [0.2, 0.25) is 0 Å². The van der Waals surface area contributed by atoms with E-state index in [1.165, 1.54) is 19.2 Å². The van der Waals surface area contributed by atoms with Crippen LogP contribution < -0.4 is 0 Å². The third kappa shape index (κ3) is 2.38. The Kier molecular flexibility index (Phi) is 3.67. The fourth-order valence-electron chi connectivity index (χ4n) is 2.25. The molecule has 0 bridgehead atoms. The first kappa shape index (κ1) is 14.7. The van der Waals surface area contributed by atoms with Crippen LogP contribution in [0, 0.1) is 5.82 Å². The molecule has 0 radical (unpaired) electrons. The lowest BCUT2D eigenvalue weighted by Gasteiger charge is -2.10. The zero-order valence-electron chi connectivity index (χ0n) is 11.7. The minimum atomic E-state index is -3.88. The Hall–Kier alpha value is -2.25. The number of benzene rings is 2. The summed E-state index contributed by atoms with van der Waals surface area (Å²) < 4.78 is 44.9. The Morgan fingerprint density at radius 1 is 1.14 bits per heavy atom. The molecule has 5 nitrogen and oxygen atoms in total. The zero-order chi connectivity index (χ0) is 15.7. The van der Waals surface area contributed by atoms with Crippen LogP contribution in [0.15, 0.2) is 53.4 Å². The van der Waals surface area contributed by atoms with Crippen LogP contribution >= 0.6 is 0 Å². The smallest absolute Gasteiger partial charge is 0.269 e. The van der Waals surface area contributed by atoms with E-state index in [1.807, 2.05) is 0 Å². The van der Waals surface area contributed by atoms with Gasteiger partial charge in [-0.25, -0.2) is 21.8 Å². The minimum absolute atomic E-state index is 0.00518.